The maximum atomic E-state index is 12.3. The van der Waals surface area contributed by atoms with Crippen LogP contribution >= 0.6 is 11.6 Å². The summed E-state index contributed by atoms with van der Waals surface area (Å²) in [5.41, 5.74) is 4.04. The number of nitrogens with one attached hydrogen (secondary N) is 2. The van der Waals surface area contributed by atoms with Gasteiger partial charge in [-0.05, 0) is 36.4 Å². The van der Waals surface area contributed by atoms with Crippen molar-refractivity contribution >= 4 is 40.3 Å². The number of halogens is 1. The van der Waals surface area contributed by atoms with Gasteiger partial charge in [-0.2, -0.15) is 0 Å². The molecule has 0 atom stereocenters. The summed E-state index contributed by atoms with van der Waals surface area (Å²) in [6, 6.07) is 11.2. The maximum Gasteiger partial charge on any atom is 0.257 e. The molecule has 2 aliphatic rings. The number of fused-ring (bicyclic) bond motifs is 2. The molecule has 2 aromatic carbocycles. The number of amides is 1. The third kappa shape index (κ3) is 2.73. The van der Waals surface area contributed by atoms with E-state index in [0.717, 1.165) is 43.4 Å². The average Bonchev–Trinajstić information content (AvgIpc) is 2.70. The maximum absolute atomic E-state index is 12.3. The van der Waals surface area contributed by atoms with Crippen molar-refractivity contribution in [3.63, 3.8) is 0 Å². The highest BCUT2D eigenvalue weighted by Gasteiger charge is 2.20. The minimum Gasteiger partial charge on any atom is -0.378 e. The normalized spacial score (nSPS) is 16.7. The zero-order valence-electron chi connectivity index (χ0n) is 12.4. The number of rotatable bonds is 1. The first-order valence-electron chi connectivity index (χ1n) is 7.55. The number of hydrogen-bond donors (Lipinski definition) is 2. The predicted octanol–water partition coefficient (Wildman–Crippen LogP) is 3.49. The highest BCUT2D eigenvalue weighted by atomic mass is 35.5. The van der Waals surface area contributed by atoms with Gasteiger partial charge in [0.25, 0.3) is 5.91 Å². The lowest BCUT2D eigenvalue weighted by Crippen LogP contribution is -2.36. The molecule has 0 bridgehead atoms. The lowest BCUT2D eigenvalue weighted by molar-refractivity contribution is 0.102. The Hall–Kier alpha value is -2.24. The predicted molar refractivity (Wildman–Crippen MR) is 92.2 cm³/mol. The summed E-state index contributed by atoms with van der Waals surface area (Å²) in [6.45, 7) is 3.21. The van der Waals surface area contributed by atoms with Crippen LogP contribution in [0.3, 0.4) is 0 Å². The Labute approximate surface area is 139 Å². The van der Waals surface area contributed by atoms with Crippen molar-refractivity contribution in [3.8, 4) is 0 Å². The van der Waals surface area contributed by atoms with Crippen LogP contribution < -0.4 is 15.5 Å². The van der Waals surface area contributed by atoms with E-state index in [9.17, 15) is 4.79 Å². The molecule has 118 valence electrons. The molecule has 0 unspecified atom stereocenters. The van der Waals surface area contributed by atoms with E-state index in [1.54, 1.807) is 18.2 Å². The van der Waals surface area contributed by atoms with Crippen LogP contribution in [0.1, 0.15) is 10.4 Å². The van der Waals surface area contributed by atoms with Gasteiger partial charge >= 0.3 is 0 Å². The van der Waals surface area contributed by atoms with Crippen LogP contribution in [0.2, 0.25) is 5.02 Å². The van der Waals surface area contributed by atoms with Crippen LogP contribution in [0, 0.1) is 0 Å². The molecule has 0 saturated carbocycles. The van der Waals surface area contributed by atoms with E-state index in [4.69, 9.17) is 16.3 Å². The number of carbonyl (C=O) groups is 1. The molecule has 1 saturated heterocycles. The first-order chi connectivity index (χ1) is 11.2. The summed E-state index contributed by atoms with van der Waals surface area (Å²) in [7, 11) is 0. The van der Waals surface area contributed by atoms with Crippen molar-refractivity contribution in [2.75, 3.05) is 41.8 Å². The summed E-state index contributed by atoms with van der Waals surface area (Å²) >= 11 is 6.06. The summed E-state index contributed by atoms with van der Waals surface area (Å²) in [5.74, 6) is -0.137. The third-order valence-corrected chi connectivity index (χ3v) is 4.36. The second-order valence-electron chi connectivity index (χ2n) is 5.60. The van der Waals surface area contributed by atoms with E-state index >= 15 is 0 Å². The van der Waals surface area contributed by atoms with Crippen LogP contribution in [0.25, 0.3) is 0 Å². The van der Waals surface area contributed by atoms with E-state index in [2.05, 4.69) is 21.6 Å². The highest BCUT2D eigenvalue weighted by Crippen LogP contribution is 2.36. The van der Waals surface area contributed by atoms with Gasteiger partial charge in [-0.3, -0.25) is 4.79 Å². The van der Waals surface area contributed by atoms with Gasteiger partial charge in [0.2, 0.25) is 0 Å². The lowest BCUT2D eigenvalue weighted by Gasteiger charge is -2.29. The number of nitrogens with zero attached hydrogens (tertiary/aromatic N) is 1. The Balaban J connectivity index is 1.73. The number of carbonyl (C=O) groups excluding carboxylic acids is 1. The fourth-order valence-corrected chi connectivity index (χ4v) is 3.09. The van der Waals surface area contributed by atoms with Gasteiger partial charge in [-0.15, -0.1) is 0 Å². The number of morpholine rings is 1. The molecule has 2 aliphatic heterocycles. The monoisotopic (exact) mass is 329 g/mol. The van der Waals surface area contributed by atoms with E-state index in [-0.39, 0.29) is 5.91 Å². The quantitative estimate of drug-likeness (QED) is 0.841. The molecular formula is C17H16ClN3O2. The van der Waals surface area contributed by atoms with Gasteiger partial charge < -0.3 is 20.3 Å². The van der Waals surface area contributed by atoms with E-state index in [1.165, 1.54) is 0 Å². The average molecular weight is 330 g/mol. The fraction of sp³-hybridized carbons (Fsp3) is 0.235. The number of anilines is 4. The SMILES string of the molecule is O=C1Nc2ccc(N3CCOCC3)cc2Nc2cc(Cl)ccc21. The topological polar surface area (TPSA) is 53.6 Å². The van der Waals surface area contributed by atoms with Crippen molar-refractivity contribution in [2.45, 2.75) is 0 Å². The molecule has 6 heteroatoms. The zero-order chi connectivity index (χ0) is 15.8. The van der Waals surface area contributed by atoms with Crippen LogP contribution in [-0.2, 0) is 4.74 Å². The number of ether oxygens (including phenoxy) is 1. The summed E-state index contributed by atoms with van der Waals surface area (Å²) in [5, 5.41) is 6.86. The molecule has 0 spiro atoms. The fourth-order valence-electron chi connectivity index (χ4n) is 2.92. The second kappa shape index (κ2) is 5.76. The summed E-state index contributed by atoms with van der Waals surface area (Å²) in [4.78, 5) is 14.6. The molecule has 0 radical (unpaired) electrons. The Morgan fingerprint density at radius 2 is 1.78 bits per heavy atom. The largest absolute Gasteiger partial charge is 0.378 e. The summed E-state index contributed by atoms with van der Waals surface area (Å²) < 4.78 is 5.40. The van der Waals surface area contributed by atoms with Crippen LogP contribution in [-0.4, -0.2) is 32.2 Å². The Morgan fingerprint density at radius 1 is 0.957 bits per heavy atom. The molecule has 0 aromatic heterocycles. The van der Waals surface area contributed by atoms with E-state index in [0.29, 0.717) is 16.3 Å². The van der Waals surface area contributed by atoms with Gasteiger partial charge in [-0.1, -0.05) is 11.6 Å². The molecule has 4 rings (SSSR count). The molecule has 0 aliphatic carbocycles. The van der Waals surface area contributed by atoms with Gasteiger partial charge in [0, 0.05) is 23.8 Å². The van der Waals surface area contributed by atoms with Gasteiger partial charge in [0.15, 0.2) is 0 Å². The smallest absolute Gasteiger partial charge is 0.257 e. The molecule has 23 heavy (non-hydrogen) atoms. The van der Waals surface area contributed by atoms with Crippen molar-refractivity contribution < 1.29 is 9.53 Å². The number of hydrogen-bond acceptors (Lipinski definition) is 4. The molecule has 1 amide bonds. The van der Waals surface area contributed by atoms with Crippen LogP contribution in [0.15, 0.2) is 36.4 Å². The van der Waals surface area contributed by atoms with Crippen LogP contribution in [0.5, 0.6) is 0 Å². The van der Waals surface area contributed by atoms with Gasteiger partial charge in [-0.25, -0.2) is 0 Å². The van der Waals surface area contributed by atoms with Gasteiger partial charge in [0.1, 0.15) is 0 Å². The molecule has 2 heterocycles. The number of benzene rings is 2. The van der Waals surface area contributed by atoms with Crippen molar-refractivity contribution in [1.29, 1.82) is 0 Å². The Morgan fingerprint density at radius 3 is 2.61 bits per heavy atom. The Bertz CT molecular complexity index is 772. The van der Waals surface area contributed by atoms with E-state index in [1.807, 2.05) is 12.1 Å². The molecule has 5 nitrogen and oxygen atoms in total. The molecular weight excluding hydrogens is 314 g/mol. The van der Waals surface area contributed by atoms with Crippen molar-refractivity contribution in [3.05, 3.63) is 47.0 Å². The van der Waals surface area contributed by atoms with Crippen molar-refractivity contribution in [1.82, 2.24) is 0 Å². The first-order valence-corrected chi connectivity index (χ1v) is 7.93. The zero-order valence-corrected chi connectivity index (χ0v) is 13.2. The lowest BCUT2D eigenvalue weighted by atomic mass is 10.1. The molecule has 2 aromatic rings. The standard InChI is InChI=1S/C17H16ClN3O2/c18-11-1-3-13-15(9-11)19-16-10-12(21-5-7-23-8-6-21)2-4-14(16)20-17(13)22/h1-4,9-10,19H,5-8H2,(H,20,22). The van der Waals surface area contributed by atoms with Gasteiger partial charge in [0.05, 0.1) is 35.8 Å². The Kier molecular flexibility index (Phi) is 3.59. The van der Waals surface area contributed by atoms with Crippen molar-refractivity contribution in [2.24, 2.45) is 0 Å². The minimum atomic E-state index is -0.137. The molecule has 2 N–H and O–H groups in total. The first kappa shape index (κ1) is 14.4. The second-order valence-corrected chi connectivity index (χ2v) is 6.03. The van der Waals surface area contributed by atoms with E-state index < -0.39 is 0 Å². The third-order valence-electron chi connectivity index (χ3n) is 4.12. The van der Waals surface area contributed by atoms with Crippen LogP contribution in [0.4, 0.5) is 22.7 Å². The highest BCUT2D eigenvalue weighted by molar-refractivity contribution is 6.31. The molecule has 1 fully saturated rings. The summed E-state index contributed by atoms with van der Waals surface area (Å²) in [6.07, 6.45) is 0. The minimum absolute atomic E-state index is 0.137.